The number of nitrogens with one attached hydrogen (secondary N) is 1. The van der Waals surface area contributed by atoms with Crippen LogP contribution in [-0.4, -0.2) is 26.0 Å². The van der Waals surface area contributed by atoms with Crippen molar-refractivity contribution in [3.05, 3.63) is 64.2 Å². The Balaban J connectivity index is 1.53. The number of hydrogen-bond acceptors (Lipinski definition) is 5. The number of non-ortho nitro benzene ring substituents is 1. The Bertz CT molecular complexity index is 873. The van der Waals surface area contributed by atoms with Crippen molar-refractivity contribution in [2.45, 2.75) is 43.1 Å². The lowest BCUT2D eigenvalue weighted by atomic mass is 10.1. The number of benzene rings is 2. The summed E-state index contributed by atoms with van der Waals surface area (Å²) >= 11 is 0. The minimum Gasteiger partial charge on any atom is -0.490 e. The summed E-state index contributed by atoms with van der Waals surface area (Å²) in [6, 6.07) is 12.5. The molecule has 1 aliphatic rings. The van der Waals surface area contributed by atoms with Gasteiger partial charge in [-0.25, -0.2) is 13.1 Å². The highest BCUT2D eigenvalue weighted by Crippen LogP contribution is 2.25. The van der Waals surface area contributed by atoms with E-state index in [0.29, 0.717) is 12.2 Å². The number of ether oxygens (including phenoxy) is 1. The third-order valence-corrected chi connectivity index (χ3v) is 6.07. The first kappa shape index (κ1) is 19.3. The molecule has 0 unspecified atom stereocenters. The fourth-order valence-corrected chi connectivity index (χ4v) is 4.13. The Labute approximate surface area is 158 Å². The van der Waals surface area contributed by atoms with Crippen LogP contribution in [0.5, 0.6) is 5.75 Å². The minimum absolute atomic E-state index is 0.0132. The van der Waals surface area contributed by atoms with Crippen LogP contribution in [0.1, 0.15) is 31.2 Å². The molecule has 0 radical (unpaired) electrons. The van der Waals surface area contributed by atoms with Crippen molar-refractivity contribution < 1.29 is 18.1 Å². The van der Waals surface area contributed by atoms with Gasteiger partial charge in [0.25, 0.3) is 5.69 Å². The molecule has 7 nitrogen and oxygen atoms in total. The number of hydrogen-bond donors (Lipinski definition) is 1. The molecular weight excluding hydrogens is 368 g/mol. The van der Waals surface area contributed by atoms with Crippen molar-refractivity contribution in [1.29, 1.82) is 0 Å². The summed E-state index contributed by atoms with van der Waals surface area (Å²) in [6.45, 7) is 0.209. The van der Waals surface area contributed by atoms with Gasteiger partial charge in [-0.1, -0.05) is 12.1 Å². The molecule has 2 aromatic rings. The zero-order valence-corrected chi connectivity index (χ0v) is 15.7. The number of rotatable bonds is 8. The molecule has 0 spiro atoms. The number of nitro benzene ring substituents is 1. The van der Waals surface area contributed by atoms with Crippen LogP contribution in [0.15, 0.2) is 53.4 Å². The quantitative estimate of drug-likeness (QED) is 0.550. The maximum Gasteiger partial charge on any atom is 0.269 e. The fraction of sp³-hybridized carbons (Fsp3) is 0.368. The van der Waals surface area contributed by atoms with E-state index in [0.717, 1.165) is 18.4 Å². The first-order valence-electron chi connectivity index (χ1n) is 8.94. The molecule has 0 heterocycles. The predicted molar refractivity (Wildman–Crippen MR) is 101 cm³/mol. The molecule has 8 heteroatoms. The second kappa shape index (κ2) is 8.49. The van der Waals surface area contributed by atoms with Crippen molar-refractivity contribution in [3.63, 3.8) is 0 Å². The van der Waals surface area contributed by atoms with E-state index >= 15 is 0 Å². The Morgan fingerprint density at radius 3 is 2.26 bits per heavy atom. The highest BCUT2D eigenvalue weighted by atomic mass is 32.2. The van der Waals surface area contributed by atoms with Crippen LogP contribution in [0, 0.1) is 10.1 Å². The highest BCUT2D eigenvalue weighted by Gasteiger charge is 2.18. The van der Waals surface area contributed by atoms with Crippen LogP contribution in [0.4, 0.5) is 5.69 Å². The van der Waals surface area contributed by atoms with Gasteiger partial charge in [0.15, 0.2) is 0 Å². The van der Waals surface area contributed by atoms with Crippen LogP contribution >= 0.6 is 0 Å². The van der Waals surface area contributed by atoms with Crippen LogP contribution in [0.2, 0.25) is 0 Å². The molecule has 1 saturated carbocycles. The Morgan fingerprint density at radius 1 is 1.04 bits per heavy atom. The molecular formula is C19H22N2O5S. The van der Waals surface area contributed by atoms with Crippen LogP contribution in [0.25, 0.3) is 0 Å². The lowest BCUT2D eigenvalue weighted by Gasteiger charge is -2.13. The molecule has 144 valence electrons. The summed E-state index contributed by atoms with van der Waals surface area (Å²) in [5.41, 5.74) is 0.836. The van der Waals surface area contributed by atoms with Crippen molar-refractivity contribution in [2.24, 2.45) is 0 Å². The second-order valence-corrected chi connectivity index (χ2v) is 8.33. The van der Waals surface area contributed by atoms with E-state index in [-0.39, 0.29) is 23.2 Å². The van der Waals surface area contributed by atoms with Gasteiger partial charge in [-0.05, 0) is 61.9 Å². The van der Waals surface area contributed by atoms with E-state index in [1.807, 2.05) is 0 Å². The summed E-state index contributed by atoms with van der Waals surface area (Å²) in [6.07, 6.45) is 5.12. The van der Waals surface area contributed by atoms with Gasteiger partial charge in [0.2, 0.25) is 10.0 Å². The van der Waals surface area contributed by atoms with Crippen molar-refractivity contribution >= 4 is 15.7 Å². The van der Waals surface area contributed by atoms with Gasteiger partial charge in [-0.15, -0.1) is 0 Å². The zero-order valence-electron chi connectivity index (χ0n) is 14.8. The summed E-state index contributed by atoms with van der Waals surface area (Å²) in [5, 5.41) is 10.6. The molecule has 0 aliphatic heterocycles. The van der Waals surface area contributed by atoms with Crippen molar-refractivity contribution in [3.8, 4) is 5.75 Å². The van der Waals surface area contributed by atoms with E-state index in [9.17, 15) is 18.5 Å². The van der Waals surface area contributed by atoms with E-state index in [1.54, 1.807) is 36.4 Å². The molecule has 0 bridgehead atoms. The van der Waals surface area contributed by atoms with Gasteiger partial charge in [-0.2, -0.15) is 0 Å². The number of sulfonamides is 1. The first-order chi connectivity index (χ1) is 12.9. The predicted octanol–water partition coefficient (Wildman–Crippen LogP) is 3.44. The molecule has 0 amide bonds. The number of nitrogens with zero attached hydrogens (tertiary/aromatic N) is 1. The molecule has 2 aromatic carbocycles. The van der Waals surface area contributed by atoms with Crippen LogP contribution in [-0.2, 0) is 16.4 Å². The highest BCUT2D eigenvalue weighted by molar-refractivity contribution is 7.89. The Hall–Kier alpha value is -2.45. The van der Waals surface area contributed by atoms with Gasteiger partial charge < -0.3 is 4.74 Å². The molecule has 3 rings (SSSR count). The zero-order chi connectivity index (χ0) is 19.3. The third kappa shape index (κ3) is 5.27. The van der Waals surface area contributed by atoms with Gasteiger partial charge in [0, 0.05) is 18.7 Å². The lowest BCUT2D eigenvalue weighted by Crippen LogP contribution is -2.26. The largest absolute Gasteiger partial charge is 0.490 e. The van der Waals surface area contributed by atoms with E-state index in [4.69, 9.17) is 4.74 Å². The van der Waals surface area contributed by atoms with Gasteiger partial charge >= 0.3 is 0 Å². The summed E-state index contributed by atoms with van der Waals surface area (Å²) in [7, 11) is -3.61. The van der Waals surface area contributed by atoms with E-state index in [2.05, 4.69) is 4.72 Å². The minimum atomic E-state index is -3.61. The Morgan fingerprint density at radius 2 is 1.67 bits per heavy atom. The standard InChI is InChI=1S/C19H22N2O5S/c22-21(23)16-7-5-15(6-8-16)13-14-20-27(24,25)19-11-9-18(10-12-19)26-17-3-1-2-4-17/h5-12,17,20H,1-4,13-14H2. The van der Waals surface area contributed by atoms with Gasteiger partial charge in [0.05, 0.1) is 15.9 Å². The van der Waals surface area contributed by atoms with Gasteiger partial charge in [-0.3, -0.25) is 10.1 Å². The van der Waals surface area contributed by atoms with Crippen molar-refractivity contribution in [1.82, 2.24) is 4.72 Å². The second-order valence-electron chi connectivity index (χ2n) is 6.57. The SMILES string of the molecule is O=[N+]([O-])c1ccc(CCNS(=O)(=O)c2ccc(OC3CCCC3)cc2)cc1. The molecule has 27 heavy (non-hydrogen) atoms. The van der Waals surface area contributed by atoms with Crippen LogP contribution < -0.4 is 9.46 Å². The molecule has 1 N–H and O–H groups in total. The van der Waals surface area contributed by atoms with Crippen molar-refractivity contribution in [2.75, 3.05) is 6.54 Å². The summed E-state index contributed by atoms with van der Waals surface area (Å²) < 4.78 is 33.2. The summed E-state index contributed by atoms with van der Waals surface area (Å²) in [4.78, 5) is 10.4. The van der Waals surface area contributed by atoms with E-state index < -0.39 is 14.9 Å². The number of nitro groups is 1. The third-order valence-electron chi connectivity index (χ3n) is 4.59. The maximum atomic E-state index is 12.4. The molecule has 0 aromatic heterocycles. The average Bonchev–Trinajstić information content (AvgIpc) is 3.15. The van der Waals surface area contributed by atoms with Gasteiger partial charge in [0.1, 0.15) is 5.75 Å². The van der Waals surface area contributed by atoms with Crippen LogP contribution in [0.3, 0.4) is 0 Å². The van der Waals surface area contributed by atoms with E-state index in [1.165, 1.54) is 25.0 Å². The summed E-state index contributed by atoms with van der Waals surface area (Å²) in [5.74, 6) is 0.687. The molecule has 0 saturated heterocycles. The first-order valence-corrected chi connectivity index (χ1v) is 10.4. The molecule has 1 fully saturated rings. The average molecular weight is 390 g/mol. The molecule has 0 atom stereocenters. The topological polar surface area (TPSA) is 98.5 Å². The smallest absolute Gasteiger partial charge is 0.269 e. The lowest BCUT2D eigenvalue weighted by molar-refractivity contribution is -0.384. The monoisotopic (exact) mass is 390 g/mol. The molecule has 1 aliphatic carbocycles. The Kier molecular flexibility index (Phi) is 6.08. The normalized spacial score (nSPS) is 15.0. The maximum absolute atomic E-state index is 12.4. The fourth-order valence-electron chi connectivity index (χ4n) is 3.09.